The van der Waals surface area contributed by atoms with Gasteiger partial charge in [0.05, 0.1) is 13.2 Å². The molecule has 0 radical (unpaired) electrons. The van der Waals surface area contributed by atoms with E-state index >= 15 is 0 Å². The standard InChI is InChI=1S/C12H23NO12/c13-5(8(20)6(18)3(16)1-14)11(23)25-12(24)10(22)9(21)7(19)4(17)2-15/h3-10,14-22H,1-2,13H2/t3?,4?,5-,6-,7?,8-,9?,10?/m1/s1. The molecule has 148 valence electrons. The minimum absolute atomic E-state index is 0.963. The monoisotopic (exact) mass is 373 g/mol. The normalized spacial score (nSPS) is 21.4. The molecule has 0 aromatic rings. The number of aliphatic hydroxyl groups excluding tert-OH is 9. The molecule has 0 aliphatic carbocycles. The predicted molar refractivity (Wildman–Crippen MR) is 75.3 cm³/mol. The molecule has 0 aliphatic rings. The molecule has 0 aromatic carbocycles. The number of hydrogen-bond acceptors (Lipinski definition) is 13. The van der Waals surface area contributed by atoms with Gasteiger partial charge in [0, 0.05) is 0 Å². The highest BCUT2D eigenvalue weighted by Crippen LogP contribution is 2.09. The fourth-order valence-electron chi connectivity index (χ4n) is 1.58. The van der Waals surface area contributed by atoms with E-state index < -0.39 is 73.9 Å². The summed E-state index contributed by atoms with van der Waals surface area (Å²) in [5.74, 6) is -3.47. The maximum Gasteiger partial charge on any atom is 0.345 e. The van der Waals surface area contributed by atoms with E-state index in [0.717, 1.165) is 0 Å². The van der Waals surface area contributed by atoms with Gasteiger partial charge >= 0.3 is 11.9 Å². The van der Waals surface area contributed by atoms with Gasteiger partial charge in [-0.1, -0.05) is 0 Å². The predicted octanol–water partition coefficient (Wildman–Crippen LogP) is -7.11. The third-order valence-electron chi connectivity index (χ3n) is 3.27. The molecule has 0 spiro atoms. The van der Waals surface area contributed by atoms with Gasteiger partial charge in [-0.15, -0.1) is 0 Å². The molecule has 0 fully saturated rings. The molecule has 11 N–H and O–H groups in total. The molecule has 13 nitrogen and oxygen atoms in total. The van der Waals surface area contributed by atoms with Crippen molar-refractivity contribution in [1.29, 1.82) is 0 Å². The molecule has 0 bridgehead atoms. The van der Waals surface area contributed by atoms with Crippen molar-refractivity contribution in [3.63, 3.8) is 0 Å². The van der Waals surface area contributed by atoms with Gasteiger partial charge in [0.1, 0.15) is 42.7 Å². The Morgan fingerprint density at radius 1 is 0.720 bits per heavy atom. The first-order valence-corrected chi connectivity index (χ1v) is 6.98. The van der Waals surface area contributed by atoms with Gasteiger partial charge in [-0.2, -0.15) is 0 Å². The number of aliphatic hydroxyl groups is 9. The second-order valence-electron chi connectivity index (χ2n) is 5.17. The number of nitrogens with two attached hydrogens (primary N) is 1. The van der Waals surface area contributed by atoms with Crippen LogP contribution in [0, 0.1) is 0 Å². The summed E-state index contributed by atoms with van der Waals surface area (Å²) in [4.78, 5) is 23.1. The van der Waals surface area contributed by atoms with Crippen molar-refractivity contribution in [2.24, 2.45) is 5.73 Å². The Labute approximate surface area is 141 Å². The molecule has 13 heteroatoms. The van der Waals surface area contributed by atoms with Crippen LogP contribution in [0.25, 0.3) is 0 Å². The largest absolute Gasteiger partial charge is 0.394 e. The van der Waals surface area contributed by atoms with Crippen LogP contribution in [0.3, 0.4) is 0 Å². The summed E-state index contributed by atoms with van der Waals surface area (Å²) in [5, 5.41) is 82.6. The van der Waals surface area contributed by atoms with Gasteiger partial charge in [-0.25, -0.2) is 9.59 Å². The Bertz CT molecular complexity index is 396. The highest BCUT2D eigenvalue weighted by molar-refractivity contribution is 5.90. The molecule has 0 heterocycles. The smallest absolute Gasteiger partial charge is 0.345 e. The Morgan fingerprint density at radius 3 is 1.52 bits per heavy atom. The van der Waals surface area contributed by atoms with Crippen molar-refractivity contribution in [2.45, 2.75) is 48.8 Å². The summed E-state index contributed by atoms with van der Waals surface area (Å²) in [7, 11) is 0. The second-order valence-corrected chi connectivity index (χ2v) is 5.17. The molecular weight excluding hydrogens is 350 g/mol. The SMILES string of the molecule is N[C@@H](C(=O)OC(=O)C(O)C(O)C(O)C(O)CO)[C@@H](O)[C@H](O)C(O)CO. The third-order valence-corrected chi connectivity index (χ3v) is 3.27. The van der Waals surface area contributed by atoms with Crippen LogP contribution in [-0.4, -0.2) is 120 Å². The van der Waals surface area contributed by atoms with E-state index in [9.17, 15) is 35.1 Å². The average Bonchev–Trinajstić information content (AvgIpc) is 2.62. The van der Waals surface area contributed by atoms with E-state index in [0.29, 0.717) is 0 Å². The van der Waals surface area contributed by atoms with E-state index in [1.807, 2.05) is 0 Å². The molecule has 0 saturated carbocycles. The first kappa shape index (κ1) is 23.7. The van der Waals surface area contributed by atoms with Gasteiger partial charge in [0.25, 0.3) is 0 Å². The van der Waals surface area contributed by atoms with Gasteiger partial charge in [-0.3, -0.25) is 0 Å². The van der Waals surface area contributed by atoms with Gasteiger partial charge in [0.2, 0.25) is 0 Å². The lowest BCUT2D eigenvalue weighted by Crippen LogP contribution is -2.54. The number of esters is 2. The Balaban J connectivity index is 4.80. The van der Waals surface area contributed by atoms with Gasteiger partial charge in [-0.05, 0) is 0 Å². The molecule has 25 heavy (non-hydrogen) atoms. The summed E-state index contributed by atoms with van der Waals surface area (Å²) < 4.78 is 4.06. The molecule has 8 atom stereocenters. The lowest BCUT2D eigenvalue weighted by Gasteiger charge is -2.26. The zero-order valence-electron chi connectivity index (χ0n) is 12.9. The first-order chi connectivity index (χ1) is 11.5. The highest BCUT2D eigenvalue weighted by Gasteiger charge is 2.39. The average molecular weight is 373 g/mol. The lowest BCUT2D eigenvalue weighted by molar-refractivity contribution is -0.179. The van der Waals surface area contributed by atoms with Gasteiger partial charge < -0.3 is 56.4 Å². The number of ether oxygens (including phenoxy) is 1. The van der Waals surface area contributed by atoms with Crippen molar-refractivity contribution >= 4 is 11.9 Å². The van der Waals surface area contributed by atoms with E-state index in [1.165, 1.54) is 0 Å². The Kier molecular flexibility index (Phi) is 10.1. The fraction of sp³-hybridized carbons (Fsp3) is 0.833. The molecule has 0 saturated heterocycles. The summed E-state index contributed by atoms with van der Waals surface area (Å²) in [6.07, 6.45) is -14.9. The van der Waals surface area contributed by atoms with Crippen LogP contribution in [0.2, 0.25) is 0 Å². The van der Waals surface area contributed by atoms with E-state index in [2.05, 4.69) is 4.74 Å². The van der Waals surface area contributed by atoms with E-state index in [4.69, 9.17) is 26.2 Å². The van der Waals surface area contributed by atoms with Crippen LogP contribution in [0.15, 0.2) is 0 Å². The minimum atomic E-state index is -2.52. The van der Waals surface area contributed by atoms with Crippen molar-refractivity contribution in [3.05, 3.63) is 0 Å². The molecule has 5 unspecified atom stereocenters. The summed E-state index contributed by atoms with van der Waals surface area (Å²) >= 11 is 0. The third kappa shape index (κ3) is 6.52. The number of rotatable bonds is 10. The molecule has 0 aromatic heterocycles. The van der Waals surface area contributed by atoms with Crippen LogP contribution in [-0.2, 0) is 14.3 Å². The molecular formula is C12H23NO12. The van der Waals surface area contributed by atoms with E-state index in [-0.39, 0.29) is 0 Å². The number of carbonyl (C=O) groups excluding carboxylic acids is 2. The topological polar surface area (TPSA) is 251 Å². The lowest BCUT2D eigenvalue weighted by atomic mass is 10.0. The highest BCUT2D eigenvalue weighted by atomic mass is 16.6. The molecule has 0 amide bonds. The molecule has 0 aliphatic heterocycles. The van der Waals surface area contributed by atoms with Crippen molar-refractivity contribution in [2.75, 3.05) is 13.2 Å². The van der Waals surface area contributed by atoms with Crippen LogP contribution in [0.5, 0.6) is 0 Å². The summed E-state index contributed by atoms with van der Waals surface area (Å²) in [5.41, 5.74) is 5.21. The maximum atomic E-state index is 11.6. The van der Waals surface area contributed by atoms with Crippen LogP contribution >= 0.6 is 0 Å². The maximum absolute atomic E-state index is 11.6. The van der Waals surface area contributed by atoms with Crippen LogP contribution in [0.4, 0.5) is 0 Å². The number of hydrogen-bond donors (Lipinski definition) is 10. The number of carbonyl (C=O) groups is 2. The van der Waals surface area contributed by atoms with Crippen LogP contribution in [0.1, 0.15) is 0 Å². The Hall–Kier alpha value is -1.26. The Morgan fingerprint density at radius 2 is 1.12 bits per heavy atom. The minimum Gasteiger partial charge on any atom is -0.394 e. The zero-order chi connectivity index (χ0) is 19.9. The zero-order valence-corrected chi connectivity index (χ0v) is 12.9. The summed E-state index contributed by atoms with van der Waals surface area (Å²) in [6, 6.07) is -2.07. The van der Waals surface area contributed by atoms with Crippen molar-refractivity contribution in [3.8, 4) is 0 Å². The van der Waals surface area contributed by atoms with Gasteiger partial charge in [0.15, 0.2) is 6.10 Å². The second kappa shape index (κ2) is 10.7. The quantitative estimate of drug-likeness (QED) is 0.126. The van der Waals surface area contributed by atoms with E-state index in [1.54, 1.807) is 0 Å². The fourth-order valence-corrected chi connectivity index (χ4v) is 1.58. The van der Waals surface area contributed by atoms with Crippen molar-refractivity contribution < 1.29 is 60.3 Å². The van der Waals surface area contributed by atoms with Crippen LogP contribution < -0.4 is 5.73 Å². The first-order valence-electron chi connectivity index (χ1n) is 6.98. The molecule has 0 rings (SSSR count). The van der Waals surface area contributed by atoms with Crippen molar-refractivity contribution in [1.82, 2.24) is 0 Å². The summed E-state index contributed by atoms with van der Waals surface area (Å²) in [6.45, 7) is -1.96.